The van der Waals surface area contributed by atoms with E-state index in [0.29, 0.717) is 46.9 Å². The molecule has 1 unspecified atom stereocenters. The van der Waals surface area contributed by atoms with E-state index in [4.69, 9.17) is 16.3 Å². The molecule has 3 heterocycles. The van der Waals surface area contributed by atoms with Crippen LogP contribution in [0.25, 0.3) is 0 Å². The molecule has 5 rings (SSSR count). The fourth-order valence-corrected chi connectivity index (χ4v) is 6.38. The summed E-state index contributed by atoms with van der Waals surface area (Å²) in [5.74, 6) is 0.514. The molecule has 2 aliphatic heterocycles. The highest BCUT2D eigenvalue weighted by Gasteiger charge is 2.34. The van der Waals surface area contributed by atoms with Crippen molar-refractivity contribution >= 4 is 44.9 Å². The first kappa shape index (κ1) is 24.5. The van der Waals surface area contributed by atoms with E-state index in [1.165, 1.54) is 12.7 Å². The van der Waals surface area contributed by atoms with Gasteiger partial charge < -0.3 is 15.0 Å². The lowest BCUT2D eigenvalue weighted by Crippen LogP contribution is -2.46. The van der Waals surface area contributed by atoms with Crippen molar-refractivity contribution < 1.29 is 17.9 Å². The fourth-order valence-electron chi connectivity index (χ4n) is 4.63. The number of anilines is 3. The van der Waals surface area contributed by atoms with Gasteiger partial charge in [-0.2, -0.15) is 4.98 Å². The third-order valence-electron chi connectivity index (χ3n) is 6.80. The van der Waals surface area contributed by atoms with Crippen LogP contribution in [0.1, 0.15) is 42.0 Å². The van der Waals surface area contributed by atoms with E-state index >= 15 is 0 Å². The van der Waals surface area contributed by atoms with Crippen molar-refractivity contribution in [1.82, 2.24) is 9.97 Å². The van der Waals surface area contributed by atoms with Crippen molar-refractivity contribution in [2.75, 3.05) is 36.2 Å². The average molecular weight is 527 g/mol. The second kappa shape index (κ2) is 9.71. The van der Waals surface area contributed by atoms with Gasteiger partial charge in [0.05, 0.1) is 24.5 Å². The molecule has 1 N–H and O–H groups in total. The van der Waals surface area contributed by atoms with Gasteiger partial charge in [0.25, 0.3) is 0 Å². The summed E-state index contributed by atoms with van der Waals surface area (Å²) in [6.07, 6.45) is 1.13. The van der Waals surface area contributed by atoms with E-state index in [1.54, 1.807) is 19.1 Å². The second-order valence-corrected chi connectivity index (χ2v) is 11.7. The molecule has 1 atom stereocenters. The molecule has 0 aliphatic carbocycles. The molecular formula is C26H27ClN4O4S. The summed E-state index contributed by atoms with van der Waals surface area (Å²) in [6, 6.07) is 15.1. The molecule has 188 valence electrons. The molecule has 36 heavy (non-hydrogen) atoms. The first-order chi connectivity index (χ1) is 17.2. The molecule has 1 saturated heterocycles. The fraction of sp³-hybridized carbons (Fsp3) is 0.346. The van der Waals surface area contributed by atoms with Crippen molar-refractivity contribution in [3.63, 3.8) is 0 Å². The maximum Gasteiger partial charge on any atom is 0.312 e. The lowest BCUT2D eigenvalue weighted by Gasteiger charge is -2.40. The predicted molar refractivity (Wildman–Crippen MR) is 139 cm³/mol. The van der Waals surface area contributed by atoms with Crippen LogP contribution >= 0.6 is 11.6 Å². The number of rotatable bonds is 6. The highest BCUT2D eigenvalue weighted by Crippen LogP contribution is 2.36. The zero-order valence-electron chi connectivity index (χ0n) is 20.1. The third kappa shape index (κ3) is 4.77. The molecule has 0 bridgehead atoms. The smallest absolute Gasteiger partial charge is 0.312 e. The van der Waals surface area contributed by atoms with Crippen LogP contribution in [-0.2, 0) is 25.8 Å². The number of aryl methyl sites for hydroxylation is 1. The number of hydrogen-bond acceptors (Lipinski definition) is 8. The zero-order valence-corrected chi connectivity index (χ0v) is 21.6. The number of esters is 1. The summed E-state index contributed by atoms with van der Waals surface area (Å²) in [5, 5.41) is 3.91. The van der Waals surface area contributed by atoms with E-state index in [9.17, 15) is 13.2 Å². The Balaban J connectivity index is 1.42. The third-order valence-corrected chi connectivity index (χ3v) is 8.92. The van der Waals surface area contributed by atoms with Crippen LogP contribution < -0.4 is 10.2 Å². The minimum absolute atomic E-state index is 0.0787. The molecular weight excluding hydrogens is 500 g/mol. The molecule has 0 spiro atoms. The van der Waals surface area contributed by atoms with Crippen molar-refractivity contribution in [3.8, 4) is 0 Å². The maximum atomic E-state index is 13.0. The number of halogens is 1. The molecule has 3 aromatic rings. The number of nitrogens with zero attached hydrogens (tertiary/aromatic N) is 3. The first-order valence-corrected chi connectivity index (χ1v) is 13.9. The number of sulfone groups is 1. The Morgan fingerprint density at radius 2 is 1.81 bits per heavy atom. The van der Waals surface area contributed by atoms with E-state index in [0.717, 1.165) is 18.7 Å². The molecule has 8 nitrogen and oxygen atoms in total. The van der Waals surface area contributed by atoms with Gasteiger partial charge in [0, 0.05) is 29.7 Å². The Hall–Kier alpha value is -3.17. The van der Waals surface area contributed by atoms with Crippen LogP contribution in [0.15, 0.2) is 53.4 Å². The highest BCUT2D eigenvalue weighted by atomic mass is 35.5. The highest BCUT2D eigenvalue weighted by molar-refractivity contribution is 7.91. The SMILES string of the molecule is COC(=O)C(C)c1ccc(Nc2nc(N3CC(c4ccc(Cl)cc4)C3)nc3c2S(=O)(=O)CCC3)cc1. The van der Waals surface area contributed by atoms with Crippen LogP contribution in [0.2, 0.25) is 5.02 Å². The summed E-state index contributed by atoms with van der Waals surface area (Å²) in [7, 11) is -2.14. The van der Waals surface area contributed by atoms with Gasteiger partial charge in [0.15, 0.2) is 15.7 Å². The van der Waals surface area contributed by atoms with Crippen LogP contribution in [0.3, 0.4) is 0 Å². The van der Waals surface area contributed by atoms with Gasteiger partial charge in [-0.1, -0.05) is 35.9 Å². The minimum Gasteiger partial charge on any atom is -0.469 e. The second-order valence-electron chi connectivity index (χ2n) is 9.22. The lowest BCUT2D eigenvalue weighted by molar-refractivity contribution is -0.141. The Morgan fingerprint density at radius 3 is 2.47 bits per heavy atom. The van der Waals surface area contributed by atoms with Gasteiger partial charge in [-0.15, -0.1) is 0 Å². The summed E-state index contributed by atoms with van der Waals surface area (Å²) in [6.45, 7) is 3.26. The van der Waals surface area contributed by atoms with Crippen molar-refractivity contribution in [2.45, 2.75) is 36.5 Å². The van der Waals surface area contributed by atoms with Gasteiger partial charge in [-0.3, -0.25) is 4.79 Å². The molecule has 0 amide bonds. The van der Waals surface area contributed by atoms with E-state index in [-0.39, 0.29) is 16.6 Å². The predicted octanol–water partition coefficient (Wildman–Crippen LogP) is 4.47. The van der Waals surface area contributed by atoms with Crippen LogP contribution in [-0.4, -0.2) is 50.3 Å². The quantitative estimate of drug-likeness (QED) is 0.469. The Bertz CT molecular complexity index is 1390. The number of benzene rings is 2. The van der Waals surface area contributed by atoms with E-state index in [1.807, 2.05) is 36.4 Å². The summed E-state index contributed by atoms with van der Waals surface area (Å²) < 4.78 is 30.8. The lowest BCUT2D eigenvalue weighted by atomic mass is 9.92. The molecule has 2 aromatic carbocycles. The standard InChI is InChI=1S/C26H27ClN4O4S/c1-16(25(32)35-2)17-7-11-21(12-8-17)28-24-23-22(4-3-13-36(23,33)34)29-26(30-24)31-14-19(15-31)18-5-9-20(27)10-6-18/h5-12,16,19H,3-4,13-15H2,1-2H3,(H,28,29,30). The summed E-state index contributed by atoms with van der Waals surface area (Å²) in [5.41, 5.74) is 3.24. The number of fused-ring (bicyclic) bond motifs is 1. The monoisotopic (exact) mass is 526 g/mol. The maximum absolute atomic E-state index is 13.0. The average Bonchev–Trinajstić information content (AvgIpc) is 2.83. The first-order valence-electron chi connectivity index (χ1n) is 11.8. The van der Waals surface area contributed by atoms with E-state index in [2.05, 4.69) is 20.2 Å². The number of ether oxygens (including phenoxy) is 1. The minimum atomic E-state index is -3.50. The number of nitrogens with one attached hydrogen (secondary N) is 1. The largest absolute Gasteiger partial charge is 0.469 e. The van der Waals surface area contributed by atoms with Crippen LogP contribution in [0.5, 0.6) is 0 Å². The van der Waals surface area contributed by atoms with Crippen molar-refractivity contribution in [2.24, 2.45) is 0 Å². The van der Waals surface area contributed by atoms with Gasteiger partial charge in [0.1, 0.15) is 4.90 Å². The Morgan fingerprint density at radius 1 is 1.11 bits per heavy atom. The number of carbonyl (C=O) groups excluding carboxylic acids is 1. The van der Waals surface area contributed by atoms with Gasteiger partial charge >= 0.3 is 5.97 Å². The Labute approximate surface area is 215 Å². The van der Waals surface area contributed by atoms with Gasteiger partial charge in [-0.25, -0.2) is 13.4 Å². The molecule has 1 aromatic heterocycles. The van der Waals surface area contributed by atoms with Crippen LogP contribution in [0, 0.1) is 0 Å². The molecule has 1 fully saturated rings. The summed E-state index contributed by atoms with van der Waals surface area (Å²) >= 11 is 6.01. The molecule has 10 heteroatoms. The van der Waals surface area contributed by atoms with Gasteiger partial charge in [0.2, 0.25) is 5.95 Å². The van der Waals surface area contributed by atoms with Crippen molar-refractivity contribution in [3.05, 3.63) is 70.4 Å². The molecule has 0 saturated carbocycles. The molecule has 0 radical (unpaired) electrons. The van der Waals surface area contributed by atoms with Crippen LogP contribution in [0.4, 0.5) is 17.5 Å². The number of methoxy groups -OCH3 is 1. The van der Waals surface area contributed by atoms with Crippen molar-refractivity contribution in [1.29, 1.82) is 0 Å². The molecule has 2 aliphatic rings. The summed E-state index contributed by atoms with van der Waals surface area (Å²) in [4.78, 5) is 23.4. The van der Waals surface area contributed by atoms with E-state index < -0.39 is 15.8 Å². The normalized spacial score (nSPS) is 17.6. The number of hydrogen-bond donors (Lipinski definition) is 1. The zero-order chi connectivity index (χ0) is 25.4. The number of carbonyl (C=O) groups is 1. The number of aromatic nitrogens is 2. The van der Waals surface area contributed by atoms with Gasteiger partial charge in [-0.05, 0) is 55.2 Å². The Kier molecular flexibility index (Phi) is 6.61. The topological polar surface area (TPSA) is 101 Å².